The topological polar surface area (TPSA) is 50.2 Å². The first-order valence-electron chi connectivity index (χ1n) is 6.60. The van der Waals surface area contributed by atoms with Gasteiger partial charge in [-0.25, -0.2) is 0 Å². The minimum absolute atomic E-state index is 0.207. The normalized spacial score (nSPS) is 19.8. The van der Waals surface area contributed by atoms with Crippen LogP contribution in [0.3, 0.4) is 0 Å². The highest BCUT2D eigenvalue weighted by atomic mass is 16.2. The van der Waals surface area contributed by atoms with Crippen molar-refractivity contribution in [3.8, 4) is 0 Å². The number of rotatable bonds is 4. The van der Waals surface area contributed by atoms with Crippen LogP contribution < -0.4 is 5.32 Å². The largest absolute Gasteiger partial charge is 0.341 e. The number of hydrogen-bond donors (Lipinski definition) is 1. The molecule has 1 N–H and O–H groups in total. The number of aryl methyl sites for hydroxylation is 1. The summed E-state index contributed by atoms with van der Waals surface area (Å²) in [6, 6.07) is 0.364. The summed E-state index contributed by atoms with van der Waals surface area (Å²) in [6.07, 6.45) is 7.95. The van der Waals surface area contributed by atoms with Crippen molar-refractivity contribution >= 4 is 5.91 Å². The number of aromatic nitrogens is 2. The minimum atomic E-state index is 0.207. The van der Waals surface area contributed by atoms with E-state index in [4.69, 9.17) is 0 Å². The first-order chi connectivity index (χ1) is 8.65. The Hall–Kier alpha value is -1.36. The average molecular weight is 250 g/mol. The molecule has 5 heteroatoms. The van der Waals surface area contributed by atoms with Gasteiger partial charge in [0.05, 0.1) is 6.20 Å². The lowest BCUT2D eigenvalue weighted by Gasteiger charge is -2.25. The van der Waals surface area contributed by atoms with E-state index in [9.17, 15) is 4.79 Å². The van der Waals surface area contributed by atoms with Crippen molar-refractivity contribution in [2.45, 2.75) is 38.3 Å². The van der Waals surface area contributed by atoms with E-state index in [1.807, 2.05) is 26.5 Å². The zero-order chi connectivity index (χ0) is 13.0. The van der Waals surface area contributed by atoms with E-state index in [0.29, 0.717) is 19.0 Å². The van der Waals surface area contributed by atoms with Gasteiger partial charge in [-0.3, -0.25) is 9.48 Å². The molecule has 2 heterocycles. The molecule has 0 bridgehead atoms. The van der Waals surface area contributed by atoms with Gasteiger partial charge in [-0.05, 0) is 19.4 Å². The number of piperidine rings is 1. The first-order valence-corrected chi connectivity index (χ1v) is 6.60. The number of amides is 1. The number of carbonyl (C=O) groups is 1. The molecule has 100 valence electrons. The lowest BCUT2D eigenvalue weighted by molar-refractivity contribution is -0.131. The summed E-state index contributed by atoms with van der Waals surface area (Å²) in [5.41, 5.74) is 1.07. The van der Waals surface area contributed by atoms with E-state index in [1.165, 1.54) is 12.8 Å². The third-order valence-electron chi connectivity index (χ3n) is 3.44. The molecule has 1 aromatic heterocycles. The summed E-state index contributed by atoms with van der Waals surface area (Å²) < 4.78 is 1.76. The summed E-state index contributed by atoms with van der Waals surface area (Å²) >= 11 is 0. The van der Waals surface area contributed by atoms with Crippen molar-refractivity contribution in [2.75, 3.05) is 13.6 Å². The van der Waals surface area contributed by atoms with E-state index < -0.39 is 0 Å². The van der Waals surface area contributed by atoms with Crippen LogP contribution in [0.15, 0.2) is 12.4 Å². The Bertz CT molecular complexity index is 395. The zero-order valence-electron chi connectivity index (χ0n) is 11.2. The predicted molar refractivity (Wildman–Crippen MR) is 69.9 cm³/mol. The highest BCUT2D eigenvalue weighted by molar-refractivity contribution is 5.76. The number of hydrogen-bond acceptors (Lipinski definition) is 3. The molecule has 0 aromatic carbocycles. The van der Waals surface area contributed by atoms with Gasteiger partial charge in [0, 0.05) is 44.9 Å². The van der Waals surface area contributed by atoms with Crippen molar-refractivity contribution in [3.63, 3.8) is 0 Å². The van der Waals surface area contributed by atoms with Crippen LogP contribution in [0.1, 0.15) is 31.2 Å². The molecule has 1 aliphatic rings. The second-order valence-electron chi connectivity index (χ2n) is 5.12. The fourth-order valence-corrected chi connectivity index (χ4v) is 2.38. The molecule has 18 heavy (non-hydrogen) atoms. The van der Waals surface area contributed by atoms with Crippen molar-refractivity contribution in [2.24, 2.45) is 7.05 Å². The smallest absolute Gasteiger partial charge is 0.224 e. The Morgan fingerprint density at radius 3 is 3.06 bits per heavy atom. The van der Waals surface area contributed by atoms with Gasteiger partial charge in [0.1, 0.15) is 0 Å². The summed E-state index contributed by atoms with van der Waals surface area (Å²) in [5.74, 6) is 0.207. The molecule has 1 aromatic rings. The number of carbonyl (C=O) groups excluding carboxylic acids is 1. The maximum absolute atomic E-state index is 12.1. The molecule has 1 unspecified atom stereocenters. The van der Waals surface area contributed by atoms with E-state index in [-0.39, 0.29) is 5.91 Å². The zero-order valence-corrected chi connectivity index (χ0v) is 11.2. The van der Waals surface area contributed by atoms with Gasteiger partial charge in [0.15, 0.2) is 0 Å². The molecule has 2 rings (SSSR count). The van der Waals surface area contributed by atoms with Gasteiger partial charge in [-0.15, -0.1) is 0 Å². The third kappa shape index (κ3) is 3.57. The van der Waals surface area contributed by atoms with Crippen molar-refractivity contribution in [1.82, 2.24) is 20.0 Å². The Morgan fingerprint density at radius 1 is 1.61 bits per heavy atom. The summed E-state index contributed by atoms with van der Waals surface area (Å²) in [4.78, 5) is 13.9. The molecule has 0 saturated carbocycles. The molecule has 1 fully saturated rings. The van der Waals surface area contributed by atoms with Gasteiger partial charge in [0.2, 0.25) is 5.91 Å². The van der Waals surface area contributed by atoms with Gasteiger partial charge < -0.3 is 10.2 Å². The fraction of sp³-hybridized carbons (Fsp3) is 0.692. The average Bonchev–Trinajstić information content (AvgIpc) is 2.76. The van der Waals surface area contributed by atoms with E-state index in [2.05, 4.69) is 10.4 Å². The van der Waals surface area contributed by atoms with Crippen LogP contribution in [0, 0.1) is 0 Å². The van der Waals surface area contributed by atoms with Gasteiger partial charge in [0.25, 0.3) is 0 Å². The van der Waals surface area contributed by atoms with Gasteiger partial charge in [-0.2, -0.15) is 5.10 Å². The highest BCUT2D eigenvalue weighted by Gasteiger charge is 2.18. The van der Waals surface area contributed by atoms with E-state index in [1.54, 1.807) is 9.58 Å². The quantitative estimate of drug-likeness (QED) is 0.864. The van der Waals surface area contributed by atoms with Gasteiger partial charge >= 0.3 is 0 Å². The lowest BCUT2D eigenvalue weighted by Crippen LogP contribution is -2.39. The van der Waals surface area contributed by atoms with Crippen LogP contribution in [0.5, 0.6) is 0 Å². The van der Waals surface area contributed by atoms with Crippen LogP contribution in [0.2, 0.25) is 0 Å². The highest BCUT2D eigenvalue weighted by Crippen LogP contribution is 2.12. The van der Waals surface area contributed by atoms with Crippen molar-refractivity contribution < 1.29 is 4.79 Å². The molecule has 0 aliphatic carbocycles. The Labute approximate surface area is 108 Å². The molecule has 1 aliphatic heterocycles. The van der Waals surface area contributed by atoms with Crippen LogP contribution in [-0.2, 0) is 18.4 Å². The SMILES string of the molecule is CN(Cc1cnn(C)c1)C(=O)CC1CCCCN1. The van der Waals surface area contributed by atoms with Crippen LogP contribution >= 0.6 is 0 Å². The molecule has 0 radical (unpaired) electrons. The Kier molecular flexibility index (Phi) is 4.36. The number of nitrogens with one attached hydrogen (secondary N) is 1. The second kappa shape index (κ2) is 6.00. The van der Waals surface area contributed by atoms with Gasteiger partial charge in [-0.1, -0.05) is 6.42 Å². The molecular formula is C13H22N4O. The van der Waals surface area contributed by atoms with Crippen molar-refractivity contribution in [1.29, 1.82) is 0 Å². The maximum atomic E-state index is 12.1. The molecular weight excluding hydrogens is 228 g/mol. The standard InChI is InChI=1S/C13H22N4O/c1-16(9-11-8-15-17(2)10-11)13(18)7-12-5-3-4-6-14-12/h8,10,12,14H,3-7,9H2,1-2H3. The molecule has 0 spiro atoms. The van der Waals surface area contributed by atoms with E-state index >= 15 is 0 Å². The molecule has 1 atom stereocenters. The minimum Gasteiger partial charge on any atom is -0.341 e. The van der Waals surface area contributed by atoms with Crippen LogP contribution in [0.25, 0.3) is 0 Å². The van der Waals surface area contributed by atoms with Crippen molar-refractivity contribution in [3.05, 3.63) is 18.0 Å². The lowest BCUT2D eigenvalue weighted by atomic mass is 10.0. The van der Waals surface area contributed by atoms with Crippen LogP contribution in [0.4, 0.5) is 0 Å². The summed E-state index contributed by atoms with van der Waals surface area (Å²) in [5, 5.41) is 7.52. The maximum Gasteiger partial charge on any atom is 0.224 e. The second-order valence-corrected chi connectivity index (χ2v) is 5.12. The predicted octanol–water partition coefficient (Wildman–Crippen LogP) is 0.911. The monoisotopic (exact) mass is 250 g/mol. The fourth-order valence-electron chi connectivity index (χ4n) is 2.38. The Balaban J connectivity index is 1.80. The first kappa shape index (κ1) is 13.1. The summed E-state index contributed by atoms with van der Waals surface area (Å²) in [7, 11) is 3.75. The van der Waals surface area contributed by atoms with E-state index in [0.717, 1.165) is 18.5 Å². The Morgan fingerprint density at radius 2 is 2.44 bits per heavy atom. The third-order valence-corrected chi connectivity index (χ3v) is 3.44. The molecule has 1 saturated heterocycles. The molecule has 5 nitrogen and oxygen atoms in total. The molecule has 1 amide bonds. The summed E-state index contributed by atoms with van der Waals surface area (Å²) in [6.45, 7) is 1.68. The number of nitrogens with zero attached hydrogens (tertiary/aromatic N) is 3. The van der Waals surface area contributed by atoms with Crippen LogP contribution in [-0.4, -0.2) is 40.2 Å².